The second-order valence-corrected chi connectivity index (χ2v) is 11.3. The lowest BCUT2D eigenvalue weighted by Crippen LogP contribution is -2.58. The monoisotopic (exact) mass is 398 g/mol. The molecule has 0 unspecified atom stereocenters. The Hall–Kier alpha value is -1.33. The number of aliphatic hydroxyl groups excluding tert-OH is 1. The minimum absolute atomic E-state index is 0.0114. The van der Waals surface area contributed by atoms with E-state index in [0.717, 1.165) is 43.4 Å². The first-order valence-electron chi connectivity index (χ1n) is 11.6. The summed E-state index contributed by atoms with van der Waals surface area (Å²) in [7, 11) is 0. The molecule has 1 aromatic rings. The number of aliphatic hydroxyl groups is 1. The summed E-state index contributed by atoms with van der Waals surface area (Å²) in [5, 5.41) is 10.3. The molecule has 1 aromatic heterocycles. The molecule has 1 N–H and O–H groups in total. The fourth-order valence-corrected chi connectivity index (χ4v) is 9.00. The second kappa shape index (κ2) is 5.11. The van der Waals surface area contributed by atoms with Crippen LogP contribution >= 0.6 is 0 Å². The van der Waals surface area contributed by atoms with Gasteiger partial charge < -0.3 is 19.0 Å². The molecule has 0 bridgehead atoms. The third kappa shape index (κ3) is 1.89. The summed E-state index contributed by atoms with van der Waals surface area (Å²) in [5.41, 5.74) is 1.16. The molecule has 4 saturated carbocycles. The maximum atomic E-state index is 11.7. The summed E-state index contributed by atoms with van der Waals surface area (Å²) >= 11 is 0. The Labute approximate surface area is 170 Å². The fourth-order valence-electron chi connectivity index (χ4n) is 9.00. The molecule has 5 heteroatoms. The van der Waals surface area contributed by atoms with Crippen LogP contribution in [0.5, 0.6) is 11.5 Å². The van der Waals surface area contributed by atoms with Crippen LogP contribution < -0.4 is 10.4 Å². The van der Waals surface area contributed by atoms with Crippen LogP contribution in [0.1, 0.15) is 76.7 Å². The lowest BCUT2D eigenvalue weighted by molar-refractivity contribution is -0.139. The third-order valence-corrected chi connectivity index (χ3v) is 10.5. The standard InChI is InChI=1S/C24H30O5/c1-22-7-5-13(25)9-12(22)3-4-16-15(22)6-8-23(2)17(10-18-24(16,23)29-18)14-11-27-21(26)20-19(14)28-20/h11-13,15-18,25H,3-10H2,1-2H3/t12-,13+,15+,16-,17-,18-,22+,23-,24-/m1/s1. The Morgan fingerprint density at radius 1 is 1.03 bits per heavy atom. The zero-order chi connectivity index (χ0) is 19.8. The van der Waals surface area contributed by atoms with Crippen molar-refractivity contribution in [3.63, 3.8) is 0 Å². The SMILES string of the molecule is C[C@]12CC[C@H](O)C[C@H]1CC[C@@H]1[C@@H]2CC[C@]2(C)[C@@H](c3coc(=O)c4c3O4)C[C@H]3O[C@]132. The van der Waals surface area contributed by atoms with Gasteiger partial charge in [0, 0.05) is 16.9 Å². The Kier molecular flexibility index (Phi) is 3.06. The highest BCUT2D eigenvalue weighted by molar-refractivity contribution is 5.59. The highest BCUT2D eigenvalue weighted by Gasteiger charge is 2.80. The van der Waals surface area contributed by atoms with E-state index in [9.17, 15) is 9.90 Å². The van der Waals surface area contributed by atoms with Crippen molar-refractivity contribution in [2.75, 3.05) is 0 Å². The first-order chi connectivity index (χ1) is 13.9. The van der Waals surface area contributed by atoms with E-state index >= 15 is 0 Å². The highest BCUT2D eigenvalue weighted by Crippen LogP contribution is 2.78. The van der Waals surface area contributed by atoms with E-state index < -0.39 is 0 Å². The number of rotatable bonds is 1. The maximum absolute atomic E-state index is 11.7. The average Bonchev–Trinajstić information content (AvgIpc) is 3.59. The molecule has 1 spiro atoms. The molecule has 4 aliphatic carbocycles. The van der Waals surface area contributed by atoms with E-state index in [1.807, 2.05) is 0 Å². The minimum Gasteiger partial charge on any atom is -0.441 e. The largest absolute Gasteiger partial charge is 0.441 e. The van der Waals surface area contributed by atoms with Crippen LogP contribution in [0, 0.1) is 28.6 Å². The molecule has 9 atom stereocenters. The van der Waals surface area contributed by atoms with Crippen LogP contribution in [-0.4, -0.2) is 22.9 Å². The molecule has 3 heterocycles. The number of ether oxygens (including phenoxy) is 2. The quantitative estimate of drug-likeness (QED) is 0.722. The topological polar surface area (TPSA) is 75.5 Å². The van der Waals surface area contributed by atoms with Gasteiger partial charge in [-0.1, -0.05) is 13.8 Å². The van der Waals surface area contributed by atoms with Gasteiger partial charge in [-0.05, 0) is 74.5 Å². The van der Waals surface area contributed by atoms with E-state index in [1.165, 1.54) is 19.3 Å². The summed E-state index contributed by atoms with van der Waals surface area (Å²) in [6, 6.07) is 0. The van der Waals surface area contributed by atoms with Gasteiger partial charge in [-0.25, -0.2) is 4.79 Å². The number of epoxide rings is 1. The first-order valence-corrected chi connectivity index (χ1v) is 11.6. The van der Waals surface area contributed by atoms with Gasteiger partial charge in [-0.2, -0.15) is 0 Å². The fraction of sp³-hybridized carbons (Fsp3) is 0.792. The Morgan fingerprint density at radius 3 is 2.76 bits per heavy atom. The molecule has 6 aliphatic rings. The molecule has 1 saturated heterocycles. The van der Waals surface area contributed by atoms with Crippen molar-refractivity contribution >= 4 is 0 Å². The maximum Gasteiger partial charge on any atom is 0.383 e. The van der Waals surface area contributed by atoms with Gasteiger partial charge in [0.15, 0.2) is 5.75 Å². The van der Waals surface area contributed by atoms with Crippen molar-refractivity contribution in [1.82, 2.24) is 0 Å². The molecule has 0 aromatic carbocycles. The molecule has 5 nitrogen and oxygen atoms in total. The number of fused-ring (bicyclic) bond motifs is 4. The Bertz CT molecular complexity index is 969. The number of hydrogen-bond donors (Lipinski definition) is 1. The van der Waals surface area contributed by atoms with E-state index in [1.54, 1.807) is 6.26 Å². The molecule has 0 radical (unpaired) electrons. The van der Waals surface area contributed by atoms with Crippen LogP contribution in [0.3, 0.4) is 0 Å². The van der Waals surface area contributed by atoms with Crippen LogP contribution in [0.2, 0.25) is 0 Å². The van der Waals surface area contributed by atoms with E-state index in [0.29, 0.717) is 40.9 Å². The molecule has 5 fully saturated rings. The Morgan fingerprint density at radius 2 is 1.90 bits per heavy atom. The predicted octanol–water partition coefficient (Wildman–Crippen LogP) is 4.36. The summed E-state index contributed by atoms with van der Waals surface area (Å²) in [4.78, 5) is 11.7. The van der Waals surface area contributed by atoms with Crippen LogP contribution in [0.25, 0.3) is 0 Å². The van der Waals surface area contributed by atoms with Gasteiger partial charge in [0.1, 0.15) is 11.9 Å². The molecular weight excluding hydrogens is 368 g/mol. The lowest BCUT2D eigenvalue weighted by atomic mass is 9.44. The van der Waals surface area contributed by atoms with Crippen molar-refractivity contribution in [2.45, 2.75) is 88.9 Å². The highest BCUT2D eigenvalue weighted by atomic mass is 16.6. The molecule has 0 amide bonds. The average molecular weight is 398 g/mol. The number of hydrogen-bond acceptors (Lipinski definition) is 5. The summed E-state index contributed by atoms with van der Waals surface area (Å²) in [6.07, 6.45) is 10.9. The van der Waals surface area contributed by atoms with Crippen molar-refractivity contribution in [1.29, 1.82) is 0 Å². The van der Waals surface area contributed by atoms with Crippen LogP contribution in [0.4, 0.5) is 0 Å². The van der Waals surface area contributed by atoms with Crippen molar-refractivity contribution in [3.8, 4) is 11.5 Å². The van der Waals surface area contributed by atoms with Crippen molar-refractivity contribution in [3.05, 3.63) is 22.2 Å². The zero-order valence-electron chi connectivity index (χ0n) is 17.3. The van der Waals surface area contributed by atoms with E-state index in [4.69, 9.17) is 13.9 Å². The summed E-state index contributed by atoms with van der Waals surface area (Å²) < 4.78 is 17.4. The van der Waals surface area contributed by atoms with E-state index in [-0.39, 0.29) is 22.7 Å². The van der Waals surface area contributed by atoms with E-state index in [2.05, 4.69) is 13.8 Å². The van der Waals surface area contributed by atoms with Gasteiger partial charge in [-0.3, -0.25) is 0 Å². The van der Waals surface area contributed by atoms with Gasteiger partial charge in [0.2, 0.25) is 0 Å². The van der Waals surface area contributed by atoms with Crippen molar-refractivity contribution < 1.29 is 19.0 Å². The van der Waals surface area contributed by atoms with Crippen molar-refractivity contribution in [2.24, 2.45) is 28.6 Å². The molecule has 2 aliphatic heterocycles. The zero-order valence-corrected chi connectivity index (χ0v) is 17.3. The minimum atomic E-state index is -0.350. The van der Waals surface area contributed by atoms with Crippen LogP contribution in [0.15, 0.2) is 15.5 Å². The Balaban J connectivity index is 1.26. The third-order valence-electron chi connectivity index (χ3n) is 10.5. The molecule has 29 heavy (non-hydrogen) atoms. The normalized spacial score (nSPS) is 53.6. The second-order valence-electron chi connectivity index (χ2n) is 11.3. The summed E-state index contributed by atoms with van der Waals surface area (Å²) in [5.74, 6) is 3.54. The van der Waals surface area contributed by atoms with Gasteiger partial charge in [0.05, 0.1) is 12.2 Å². The van der Waals surface area contributed by atoms with Gasteiger partial charge in [0.25, 0.3) is 5.75 Å². The van der Waals surface area contributed by atoms with Gasteiger partial charge >= 0.3 is 5.63 Å². The van der Waals surface area contributed by atoms with Gasteiger partial charge in [-0.15, -0.1) is 0 Å². The predicted molar refractivity (Wildman–Crippen MR) is 105 cm³/mol. The smallest absolute Gasteiger partial charge is 0.383 e. The molecule has 7 rings (SSSR count). The summed E-state index contributed by atoms with van der Waals surface area (Å²) in [6.45, 7) is 4.95. The molecule has 156 valence electrons. The first kappa shape index (κ1) is 17.4. The molecular formula is C24H30O5. The lowest BCUT2D eigenvalue weighted by Gasteiger charge is -2.61. The van der Waals surface area contributed by atoms with Crippen LogP contribution in [-0.2, 0) is 4.74 Å².